The van der Waals surface area contributed by atoms with Gasteiger partial charge in [-0.2, -0.15) is 0 Å². The van der Waals surface area contributed by atoms with Gasteiger partial charge >= 0.3 is 0 Å². The molecule has 0 saturated carbocycles. The molecule has 0 bridgehead atoms. The lowest BCUT2D eigenvalue weighted by Crippen LogP contribution is -2.38. The van der Waals surface area contributed by atoms with E-state index in [1.54, 1.807) is 24.3 Å². The van der Waals surface area contributed by atoms with Crippen LogP contribution in [-0.4, -0.2) is 58.6 Å². The standard InChI is InChI=1S/C20H22FN5O2/c21-17-3-1-2-15(12-17)14-22-20(27)16-4-5-19-18(13-16)23-24-26(19)7-6-25-8-10-28-11-9-25/h1-5,12-13H,6-11,14H2,(H,22,27). The number of hydrogen-bond donors (Lipinski definition) is 1. The molecule has 1 aliphatic heterocycles. The summed E-state index contributed by atoms with van der Waals surface area (Å²) < 4.78 is 20.5. The van der Waals surface area contributed by atoms with Crippen molar-refractivity contribution in [3.63, 3.8) is 0 Å². The number of ether oxygens (including phenoxy) is 1. The topological polar surface area (TPSA) is 72.3 Å². The highest BCUT2D eigenvalue weighted by Gasteiger charge is 2.13. The minimum Gasteiger partial charge on any atom is -0.379 e. The van der Waals surface area contributed by atoms with Gasteiger partial charge in [0.1, 0.15) is 11.3 Å². The second-order valence-corrected chi connectivity index (χ2v) is 6.78. The summed E-state index contributed by atoms with van der Waals surface area (Å²) >= 11 is 0. The molecule has 0 spiro atoms. The molecule has 7 nitrogen and oxygen atoms in total. The van der Waals surface area contributed by atoms with Crippen molar-refractivity contribution in [2.75, 3.05) is 32.8 Å². The zero-order valence-corrected chi connectivity index (χ0v) is 15.5. The van der Waals surface area contributed by atoms with E-state index in [0.29, 0.717) is 16.6 Å². The number of benzene rings is 2. The van der Waals surface area contributed by atoms with Crippen LogP contribution in [0.3, 0.4) is 0 Å². The maximum atomic E-state index is 13.2. The second kappa shape index (κ2) is 8.45. The molecule has 0 unspecified atom stereocenters. The number of rotatable bonds is 6. The van der Waals surface area contributed by atoms with Crippen LogP contribution in [0.15, 0.2) is 42.5 Å². The Kier molecular flexibility index (Phi) is 5.59. The largest absolute Gasteiger partial charge is 0.379 e. The fourth-order valence-corrected chi connectivity index (χ4v) is 3.27. The summed E-state index contributed by atoms with van der Waals surface area (Å²) in [5.74, 6) is -0.545. The first-order chi connectivity index (χ1) is 13.7. The molecule has 2 aromatic carbocycles. The van der Waals surface area contributed by atoms with E-state index in [9.17, 15) is 9.18 Å². The number of amides is 1. The number of nitrogens with one attached hydrogen (secondary N) is 1. The predicted octanol–water partition coefficient (Wildman–Crippen LogP) is 1.83. The van der Waals surface area contributed by atoms with Crippen LogP contribution in [0.25, 0.3) is 11.0 Å². The summed E-state index contributed by atoms with van der Waals surface area (Å²) in [6.45, 7) is 5.29. The van der Waals surface area contributed by atoms with Crippen LogP contribution >= 0.6 is 0 Å². The smallest absolute Gasteiger partial charge is 0.251 e. The molecule has 8 heteroatoms. The number of hydrogen-bond acceptors (Lipinski definition) is 5. The normalized spacial score (nSPS) is 15.0. The highest BCUT2D eigenvalue weighted by molar-refractivity contribution is 5.97. The molecule has 2 heterocycles. The molecule has 1 aliphatic rings. The second-order valence-electron chi connectivity index (χ2n) is 6.78. The van der Waals surface area contributed by atoms with Crippen molar-refractivity contribution in [3.8, 4) is 0 Å². The molecule has 0 atom stereocenters. The average molecular weight is 383 g/mol. The highest BCUT2D eigenvalue weighted by Crippen LogP contribution is 2.14. The molecule has 146 valence electrons. The first kappa shape index (κ1) is 18.5. The lowest BCUT2D eigenvalue weighted by Gasteiger charge is -2.26. The number of fused-ring (bicyclic) bond motifs is 1. The van der Waals surface area contributed by atoms with Crippen molar-refractivity contribution < 1.29 is 13.9 Å². The van der Waals surface area contributed by atoms with Crippen LogP contribution in [0.5, 0.6) is 0 Å². The van der Waals surface area contributed by atoms with Crippen molar-refractivity contribution >= 4 is 16.9 Å². The first-order valence-electron chi connectivity index (χ1n) is 9.35. The zero-order valence-electron chi connectivity index (χ0n) is 15.5. The number of carbonyl (C=O) groups excluding carboxylic acids is 1. The fourth-order valence-electron chi connectivity index (χ4n) is 3.27. The third-order valence-electron chi connectivity index (χ3n) is 4.85. The van der Waals surface area contributed by atoms with E-state index in [-0.39, 0.29) is 18.3 Å². The van der Waals surface area contributed by atoms with E-state index in [2.05, 4.69) is 20.5 Å². The Morgan fingerprint density at radius 3 is 2.82 bits per heavy atom. The first-order valence-corrected chi connectivity index (χ1v) is 9.35. The molecule has 1 N–H and O–H groups in total. The minimum absolute atomic E-state index is 0.228. The van der Waals surface area contributed by atoms with Gasteiger partial charge in [-0.1, -0.05) is 17.3 Å². The monoisotopic (exact) mass is 383 g/mol. The van der Waals surface area contributed by atoms with E-state index < -0.39 is 0 Å². The average Bonchev–Trinajstić information content (AvgIpc) is 3.13. The van der Waals surface area contributed by atoms with Gasteiger partial charge in [-0.15, -0.1) is 5.10 Å². The van der Waals surface area contributed by atoms with E-state index in [0.717, 1.165) is 44.9 Å². The van der Waals surface area contributed by atoms with E-state index in [1.165, 1.54) is 12.1 Å². The number of halogens is 1. The molecule has 1 aromatic heterocycles. The maximum Gasteiger partial charge on any atom is 0.251 e. The van der Waals surface area contributed by atoms with Crippen molar-refractivity contribution in [3.05, 3.63) is 59.4 Å². The van der Waals surface area contributed by atoms with Gasteiger partial charge < -0.3 is 10.1 Å². The van der Waals surface area contributed by atoms with E-state index in [1.807, 2.05) is 10.7 Å². The molecule has 1 fully saturated rings. The summed E-state index contributed by atoms with van der Waals surface area (Å²) in [7, 11) is 0. The van der Waals surface area contributed by atoms with Crippen molar-refractivity contribution in [1.29, 1.82) is 0 Å². The fraction of sp³-hybridized carbons (Fsp3) is 0.350. The molecule has 0 aliphatic carbocycles. The van der Waals surface area contributed by atoms with Crippen LogP contribution in [0, 0.1) is 5.82 Å². The third kappa shape index (κ3) is 4.35. The molecule has 4 rings (SSSR count). The van der Waals surface area contributed by atoms with Crippen LogP contribution in [-0.2, 0) is 17.8 Å². The van der Waals surface area contributed by atoms with Gasteiger partial charge in [0.15, 0.2) is 0 Å². The molecule has 28 heavy (non-hydrogen) atoms. The zero-order chi connectivity index (χ0) is 19.3. The predicted molar refractivity (Wildman–Crippen MR) is 102 cm³/mol. The minimum atomic E-state index is -0.318. The van der Waals surface area contributed by atoms with Gasteiger partial charge in [0.05, 0.1) is 25.3 Å². The van der Waals surface area contributed by atoms with E-state index in [4.69, 9.17) is 4.74 Å². The van der Waals surface area contributed by atoms with Crippen molar-refractivity contribution in [2.24, 2.45) is 0 Å². The van der Waals surface area contributed by atoms with Crippen LogP contribution in [0.4, 0.5) is 4.39 Å². The SMILES string of the molecule is O=C(NCc1cccc(F)c1)c1ccc2c(c1)nnn2CCN1CCOCC1. The Bertz CT molecular complexity index is 968. The maximum absolute atomic E-state index is 13.2. The molecule has 1 saturated heterocycles. The van der Waals surface area contributed by atoms with Gasteiger partial charge in [0, 0.05) is 31.7 Å². The lowest BCUT2D eigenvalue weighted by molar-refractivity contribution is 0.0360. The number of morpholine rings is 1. The van der Waals surface area contributed by atoms with Gasteiger partial charge in [0.25, 0.3) is 5.91 Å². The summed E-state index contributed by atoms with van der Waals surface area (Å²) in [5.41, 5.74) is 2.79. The van der Waals surface area contributed by atoms with Crippen LogP contribution < -0.4 is 5.32 Å². The van der Waals surface area contributed by atoms with Gasteiger partial charge in [0.2, 0.25) is 0 Å². The molecule has 1 amide bonds. The molecule has 3 aromatic rings. The van der Waals surface area contributed by atoms with Gasteiger partial charge in [-0.3, -0.25) is 9.69 Å². The number of carbonyl (C=O) groups is 1. The Morgan fingerprint density at radius 2 is 2.00 bits per heavy atom. The van der Waals surface area contributed by atoms with Crippen molar-refractivity contribution in [2.45, 2.75) is 13.1 Å². The van der Waals surface area contributed by atoms with Gasteiger partial charge in [-0.05, 0) is 35.9 Å². The third-order valence-corrected chi connectivity index (χ3v) is 4.85. The lowest BCUT2D eigenvalue weighted by atomic mass is 10.1. The number of nitrogens with zero attached hydrogens (tertiary/aromatic N) is 4. The molecular weight excluding hydrogens is 361 g/mol. The summed E-state index contributed by atoms with van der Waals surface area (Å²) in [4.78, 5) is 14.7. The molecular formula is C20H22FN5O2. The van der Waals surface area contributed by atoms with E-state index >= 15 is 0 Å². The summed E-state index contributed by atoms with van der Waals surface area (Å²) in [6, 6.07) is 11.5. The summed E-state index contributed by atoms with van der Waals surface area (Å²) in [6.07, 6.45) is 0. The van der Waals surface area contributed by atoms with Crippen LogP contribution in [0.2, 0.25) is 0 Å². The van der Waals surface area contributed by atoms with Crippen molar-refractivity contribution in [1.82, 2.24) is 25.2 Å². The van der Waals surface area contributed by atoms with Crippen LogP contribution in [0.1, 0.15) is 15.9 Å². The Morgan fingerprint density at radius 1 is 1.14 bits per heavy atom. The quantitative estimate of drug-likeness (QED) is 0.703. The Hall–Kier alpha value is -2.84. The Balaban J connectivity index is 1.39. The van der Waals surface area contributed by atoms with Gasteiger partial charge in [-0.25, -0.2) is 9.07 Å². The Labute approximate surface area is 162 Å². The number of aromatic nitrogens is 3. The molecule has 0 radical (unpaired) electrons. The summed E-state index contributed by atoms with van der Waals surface area (Å²) in [5, 5.41) is 11.2. The highest BCUT2D eigenvalue weighted by atomic mass is 19.1.